The van der Waals surface area contributed by atoms with E-state index >= 15 is 0 Å². The van der Waals surface area contributed by atoms with Crippen LogP contribution >= 0.6 is 0 Å². The molecule has 4 rings (SSSR count). The summed E-state index contributed by atoms with van der Waals surface area (Å²) in [6.45, 7) is 1.03. The number of hydrogen-bond donors (Lipinski definition) is 8. The van der Waals surface area contributed by atoms with Crippen LogP contribution in [0.15, 0.2) is 45.2 Å². The number of carbonyl (C=O) groups is 2. The molecular weight excluding hydrogens is 460 g/mol. The molecule has 0 spiro atoms. The average molecular weight is 482 g/mol. The zero-order valence-electron chi connectivity index (χ0n) is 18.4. The van der Waals surface area contributed by atoms with Crippen LogP contribution in [0.4, 0.5) is 0 Å². The van der Waals surface area contributed by atoms with Gasteiger partial charge in [0.25, 0.3) is 5.91 Å². The van der Waals surface area contributed by atoms with Gasteiger partial charge >= 0.3 is 0 Å². The Balaban J connectivity index is 0.000000203. The smallest absolute Gasteiger partial charge is 0.256 e. The Morgan fingerprint density at radius 3 is 1.89 bits per heavy atom. The van der Waals surface area contributed by atoms with Crippen LogP contribution in [0.2, 0.25) is 0 Å². The van der Waals surface area contributed by atoms with E-state index in [0.29, 0.717) is 30.1 Å². The third kappa shape index (κ3) is 5.57. The summed E-state index contributed by atoms with van der Waals surface area (Å²) in [5, 5.41) is 58.7. The van der Waals surface area contributed by atoms with Crippen molar-refractivity contribution in [1.82, 2.24) is 10.6 Å². The number of benzene rings is 2. The van der Waals surface area contributed by atoms with Gasteiger partial charge in [-0.1, -0.05) is 0 Å². The molecule has 0 unspecified atom stereocenters. The second kappa shape index (κ2) is 10.4. The molecule has 8 N–H and O–H groups in total. The molecule has 0 aliphatic carbocycles. The number of phenols is 4. The summed E-state index contributed by atoms with van der Waals surface area (Å²) >= 11 is 0. The lowest BCUT2D eigenvalue weighted by Crippen LogP contribution is -2.33. The highest BCUT2D eigenvalue weighted by Gasteiger charge is 2.13. The van der Waals surface area contributed by atoms with Gasteiger partial charge in [0.15, 0.2) is 29.3 Å². The van der Waals surface area contributed by atoms with Crippen molar-refractivity contribution in [3.05, 3.63) is 58.6 Å². The molecule has 12 heteroatoms. The summed E-state index contributed by atoms with van der Waals surface area (Å²) in [4.78, 5) is 22.4. The molecule has 182 valence electrons. The largest absolute Gasteiger partial charge is 0.504 e. The molecule has 0 atom stereocenters. The van der Waals surface area contributed by atoms with Crippen molar-refractivity contribution in [2.45, 2.75) is 0 Å². The Bertz CT molecular complexity index is 1540. The maximum Gasteiger partial charge on any atom is 0.256 e. The monoisotopic (exact) mass is 482 g/mol. The summed E-state index contributed by atoms with van der Waals surface area (Å²) in [5.41, 5.74) is 0.0383. The molecule has 0 bridgehead atoms. The molecule has 0 saturated carbocycles. The van der Waals surface area contributed by atoms with Gasteiger partial charge in [-0.15, -0.1) is 0 Å². The fourth-order valence-corrected chi connectivity index (χ4v) is 2.99. The summed E-state index contributed by atoms with van der Waals surface area (Å²) in [5.74, 6) is -1.71. The van der Waals surface area contributed by atoms with Gasteiger partial charge in [-0.3, -0.25) is 20.4 Å². The van der Waals surface area contributed by atoms with E-state index < -0.39 is 5.91 Å². The normalized spacial score (nSPS) is 10.5. The van der Waals surface area contributed by atoms with Gasteiger partial charge in [0.1, 0.15) is 16.7 Å². The standard InChI is InChI=1S/C13H15N3O4.C10H7NO4/c1-15-2-3-16-13(19)8-4-7-5-9(17)10(18)6-11(7)20-12(8)14;11-10-6(4-12)1-5-2-7(13)8(14)3-9(5)15-10/h4-6,14-15,17-18H,2-3H2,1H3,(H,16,19);1-4,11,13-14H. The van der Waals surface area contributed by atoms with Crippen LogP contribution in [0.3, 0.4) is 0 Å². The van der Waals surface area contributed by atoms with Gasteiger partial charge in [-0.25, -0.2) is 0 Å². The van der Waals surface area contributed by atoms with Gasteiger partial charge in [0.05, 0.1) is 5.56 Å². The number of hydrogen-bond acceptors (Lipinski definition) is 11. The predicted octanol–water partition coefficient (Wildman–Crippen LogP) is 1.41. The zero-order valence-corrected chi connectivity index (χ0v) is 18.4. The number of likely N-dealkylation sites (N-methyl/N-ethyl adjacent to an activating group) is 1. The van der Waals surface area contributed by atoms with Gasteiger partial charge in [-0.2, -0.15) is 0 Å². The maximum atomic E-state index is 11.9. The zero-order chi connectivity index (χ0) is 25.7. The highest BCUT2D eigenvalue weighted by atomic mass is 16.3. The molecule has 2 heterocycles. The van der Waals surface area contributed by atoms with Crippen LogP contribution in [-0.4, -0.2) is 52.8 Å². The Kier molecular flexibility index (Phi) is 7.37. The molecule has 4 aromatic rings. The van der Waals surface area contributed by atoms with E-state index in [4.69, 9.17) is 19.7 Å². The second-order valence-electron chi connectivity index (χ2n) is 7.25. The topological polar surface area (TPSA) is 213 Å². The van der Waals surface area contributed by atoms with Gasteiger partial charge < -0.3 is 39.9 Å². The molecule has 0 aliphatic rings. The molecular formula is C23H22N4O8. The van der Waals surface area contributed by atoms with Crippen LogP contribution in [0, 0.1) is 10.8 Å². The van der Waals surface area contributed by atoms with Crippen LogP contribution in [0.25, 0.3) is 21.9 Å². The molecule has 0 aliphatic heterocycles. The number of aromatic hydroxyl groups is 4. The maximum absolute atomic E-state index is 11.9. The number of nitrogens with one attached hydrogen (secondary N) is 4. The fourth-order valence-electron chi connectivity index (χ4n) is 2.99. The third-order valence-corrected chi connectivity index (χ3v) is 4.79. The Morgan fingerprint density at radius 2 is 1.34 bits per heavy atom. The van der Waals surface area contributed by atoms with Crippen LogP contribution in [0.5, 0.6) is 23.0 Å². The summed E-state index contributed by atoms with van der Waals surface area (Å²) in [7, 11) is 1.77. The minimum Gasteiger partial charge on any atom is -0.504 e. The molecule has 35 heavy (non-hydrogen) atoms. The van der Waals surface area contributed by atoms with Crippen molar-refractivity contribution in [2.24, 2.45) is 0 Å². The minimum atomic E-state index is -0.427. The quantitative estimate of drug-likeness (QED) is 0.117. The first-order chi connectivity index (χ1) is 16.6. The van der Waals surface area contributed by atoms with Crippen molar-refractivity contribution in [3.63, 3.8) is 0 Å². The van der Waals surface area contributed by atoms with Crippen LogP contribution < -0.4 is 21.7 Å². The number of fused-ring (bicyclic) bond motifs is 2. The third-order valence-electron chi connectivity index (χ3n) is 4.79. The first-order valence-electron chi connectivity index (χ1n) is 10.1. The van der Waals surface area contributed by atoms with Gasteiger partial charge in [-0.05, 0) is 31.3 Å². The van der Waals surface area contributed by atoms with Crippen molar-refractivity contribution in [3.8, 4) is 23.0 Å². The first kappa shape index (κ1) is 24.8. The molecule has 2 aromatic carbocycles. The van der Waals surface area contributed by atoms with E-state index in [2.05, 4.69) is 10.6 Å². The molecule has 0 radical (unpaired) electrons. The van der Waals surface area contributed by atoms with Crippen molar-refractivity contribution >= 4 is 34.1 Å². The summed E-state index contributed by atoms with van der Waals surface area (Å²) < 4.78 is 10.2. The van der Waals surface area contributed by atoms with Crippen molar-refractivity contribution in [2.75, 3.05) is 20.1 Å². The summed E-state index contributed by atoms with van der Waals surface area (Å²) in [6, 6.07) is 7.78. The molecule has 1 amide bonds. The lowest BCUT2D eigenvalue weighted by molar-refractivity contribution is 0.0949. The van der Waals surface area contributed by atoms with E-state index in [1.165, 1.54) is 36.4 Å². The van der Waals surface area contributed by atoms with Gasteiger partial charge in [0, 0.05) is 36.0 Å². The Morgan fingerprint density at radius 1 is 0.829 bits per heavy atom. The van der Waals surface area contributed by atoms with E-state index in [-0.39, 0.29) is 56.4 Å². The highest BCUT2D eigenvalue weighted by molar-refractivity contribution is 5.96. The van der Waals surface area contributed by atoms with Crippen molar-refractivity contribution < 1.29 is 38.8 Å². The summed E-state index contributed by atoms with van der Waals surface area (Å²) in [6.07, 6.45) is 0.495. The lowest BCUT2D eigenvalue weighted by Gasteiger charge is -2.06. The Hall–Kier alpha value is -4.84. The SMILES string of the molecule is CNCCNC(=O)c1cc2cc(O)c(O)cc2oc1=N.N=c1oc2cc(O)c(O)cc2cc1C=O. The number of phenolic OH excluding ortho intramolecular Hbond substituents is 4. The number of carbonyl (C=O) groups excluding carboxylic acids is 2. The lowest BCUT2D eigenvalue weighted by atomic mass is 10.1. The molecule has 2 aromatic heterocycles. The predicted molar refractivity (Wildman–Crippen MR) is 122 cm³/mol. The van der Waals surface area contributed by atoms with Crippen LogP contribution in [0.1, 0.15) is 20.7 Å². The van der Waals surface area contributed by atoms with Crippen LogP contribution in [-0.2, 0) is 0 Å². The molecule has 0 saturated heterocycles. The number of rotatable bonds is 5. The minimum absolute atomic E-state index is 0.0682. The first-order valence-corrected chi connectivity index (χ1v) is 10.1. The highest BCUT2D eigenvalue weighted by Crippen LogP contribution is 2.30. The molecule has 12 nitrogen and oxygen atoms in total. The van der Waals surface area contributed by atoms with Crippen molar-refractivity contribution in [1.29, 1.82) is 10.8 Å². The van der Waals surface area contributed by atoms with E-state index in [0.717, 1.165) is 0 Å². The number of amides is 1. The molecule has 0 fully saturated rings. The van der Waals surface area contributed by atoms with E-state index in [1.807, 2.05) is 0 Å². The Labute approximate surface area is 196 Å². The number of aldehydes is 1. The van der Waals surface area contributed by atoms with Gasteiger partial charge in [0.2, 0.25) is 11.1 Å². The fraction of sp³-hybridized carbons (Fsp3) is 0.130. The van der Waals surface area contributed by atoms with E-state index in [1.54, 1.807) is 7.05 Å². The average Bonchev–Trinajstić information content (AvgIpc) is 2.81. The second-order valence-corrected chi connectivity index (χ2v) is 7.25. The van der Waals surface area contributed by atoms with E-state index in [9.17, 15) is 30.0 Å².